The number of nitrogens with zero attached hydrogens (tertiary/aromatic N) is 5. The molecule has 11 heteroatoms. The third-order valence-corrected chi connectivity index (χ3v) is 6.99. The minimum atomic E-state index is -4.50. The molecule has 0 fully saturated rings. The van der Waals surface area contributed by atoms with Gasteiger partial charge in [0, 0.05) is 18.5 Å². The second kappa shape index (κ2) is 9.46. The first-order chi connectivity index (χ1) is 15.4. The van der Waals surface area contributed by atoms with Crippen molar-refractivity contribution in [2.45, 2.75) is 32.7 Å². The number of imidazole rings is 1. The van der Waals surface area contributed by atoms with E-state index in [4.69, 9.17) is 0 Å². The van der Waals surface area contributed by atoms with Crippen LogP contribution in [0.15, 0.2) is 53.1 Å². The summed E-state index contributed by atoms with van der Waals surface area (Å²) in [6.45, 7) is 2.38. The largest absolute Gasteiger partial charge is 0.375 e. The molecule has 0 amide bonds. The zero-order valence-electron chi connectivity index (χ0n) is 17.3. The number of aromatic nitrogens is 6. The zero-order valence-corrected chi connectivity index (χ0v) is 19.8. The summed E-state index contributed by atoms with van der Waals surface area (Å²) >= 11 is 3.23. The molecule has 166 valence electrons. The molecule has 0 unspecified atom stereocenters. The van der Waals surface area contributed by atoms with Crippen molar-refractivity contribution in [1.82, 2.24) is 30.2 Å². The molecule has 2 aromatic carbocycles. The Labute approximate surface area is 193 Å². The number of rotatable bonds is 8. The molecule has 0 radical (unpaired) electrons. The molecule has 0 aliphatic rings. The third kappa shape index (κ3) is 4.73. The fourth-order valence-corrected chi connectivity index (χ4v) is 5.51. The average molecular weight is 517 g/mol. The van der Waals surface area contributed by atoms with Crippen LogP contribution in [-0.2, 0) is 17.5 Å². The minimum absolute atomic E-state index is 0.0878. The Balaban J connectivity index is 1.67. The van der Waals surface area contributed by atoms with Crippen molar-refractivity contribution in [3.8, 4) is 22.5 Å². The Kier molecular flexibility index (Phi) is 6.66. The Morgan fingerprint density at radius 2 is 1.81 bits per heavy atom. The fraction of sp³-hybridized carbons (Fsp3) is 0.238. The Morgan fingerprint density at radius 3 is 2.44 bits per heavy atom. The van der Waals surface area contributed by atoms with Gasteiger partial charge >= 0.3 is 7.60 Å². The first kappa shape index (κ1) is 22.5. The van der Waals surface area contributed by atoms with Crippen LogP contribution in [0.4, 0.5) is 0 Å². The molecule has 2 aromatic heterocycles. The topological polar surface area (TPSA) is 130 Å². The number of aryl methyl sites for hydroxylation is 1. The maximum absolute atomic E-state index is 12.1. The van der Waals surface area contributed by atoms with Crippen molar-refractivity contribution in [2.24, 2.45) is 0 Å². The molecule has 9 nitrogen and oxygen atoms in total. The number of H-pyrrole nitrogens is 1. The van der Waals surface area contributed by atoms with Crippen LogP contribution in [-0.4, -0.2) is 40.0 Å². The van der Waals surface area contributed by atoms with E-state index < -0.39 is 7.60 Å². The smallest absolute Gasteiger partial charge is 0.320 e. The van der Waals surface area contributed by atoms with Crippen molar-refractivity contribution in [2.75, 3.05) is 0 Å². The van der Waals surface area contributed by atoms with Gasteiger partial charge in [0.15, 0.2) is 5.44 Å². The van der Waals surface area contributed by atoms with Crippen LogP contribution >= 0.6 is 23.5 Å². The maximum Gasteiger partial charge on any atom is 0.375 e. The summed E-state index contributed by atoms with van der Waals surface area (Å²) in [5.41, 5.74) is 3.61. The standard InChI is InChI=1S/C21H22BrN6O3P/c1-2-3-8-18-23-19(22)21(32(29,30)31)28(18)13-14-9-11-15(12-10-14)16-6-4-5-7-17(16)20-24-26-27-25-20/h4-7,9-12H,2-3,8,13H2,1H3,(H2,29,30,31)(H,24,25,26,27). The van der Waals surface area contributed by atoms with Crippen LogP contribution in [0.1, 0.15) is 31.2 Å². The van der Waals surface area contributed by atoms with Gasteiger partial charge in [-0.3, -0.25) is 4.57 Å². The molecule has 4 rings (SSSR count). The summed E-state index contributed by atoms with van der Waals surface area (Å²) in [5, 5.41) is 14.3. The quantitative estimate of drug-likeness (QED) is 0.304. The molecule has 4 aromatic rings. The van der Waals surface area contributed by atoms with Gasteiger partial charge in [0.25, 0.3) is 0 Å². The highest BCUT2D eigenvalue weighted by atomic mass is 79.9. The summed E-state index contributed by atoms with van der Waals surface area (Å²) < 4.78 is 13.9. The van der Waals surface area contributed by atoms with E-state index in [1.165, 1.54) is 0 Å². The van der Waals surface area contributed by atoms with Gasteiger partial charge < -0.3 is 14.4 Å². The van der Waals surface area contributed by atoms with Crippen molar-refractivity contribution in [3.05, 3.63) is 64.5 Å². The molecule has 0 aliphatic carbocycles. The van der Waals surface area contributed by atoms with Gasteiger partial charge in [-0.15, -0.1) is 10.2 Å². The Hall–Kier alpha value is -2.65. The monoisotopic (exact) mass is 516 g/mol. The molecule has 0 spiro atoms. The predicted octanol–water partition coefficient (Wildman–Crippen LogP) is 3.69. The van der Waals surface area contributed by atoms with Gasteiger partial charge in [-0.25, -0.2) is 4.98 Å². The van der Waals surface area contributed by atoms with Crippen LogP contribution in [0.25, 0.3) is 22.5 Å². The van der Waals surface area contributed by atoms with Gasteiger partial charge in [0.05, 0.1) is 0 Å². The SMILES string of the molecule is CCCCc1nc(Br)c(P(=O)(O)O)n1Cc1ccc(-c2ccccc2-c2nn[nH]n2)cc1. The Morgan fingerprint density at radius 1 is 1.09 bits per heavy atom. The van der Waals surface area contributed by atoms with E-state index in [9.17, 15) is 14.4 Å². The molecule has 0 bridgehead atoms. The number of halogens is 1. The first-order valence-corrected chi connectivity index (χ1v) is 12.5. The van der Waals surface area contributed by atoms with Gasteiger partial charge in [-0.2, -0.15) is 5.21 Å². The van der Waals surface area contributed by atoms with Gasteiger partial charge in [0.1, 0.15) is 10.4 Å². The highest BCUT2D eigenvalue weighted by molar-refractivity contribution is 9.10. The predicted molar refractivity (Wildman–Crippen MR) is 124 cm³/mol. The number of unbranched alkanes of at least 4 members (excludes halogenated alkanes) is 1. The maximum atomic E-state index is 12.1. The van der Waals surface area contributed by atoms with E-state index in [-0.39, 0.29) is 10.0 Å². The molecule has 32 heavy (non-hydrogen) atoms. The lowest BCUT2D eigenvalue weighted by molar-refractivity contribution is 0.384. The fourth-order valence-electron chi connectivity index (χ4n) is 3.60. The number of tetrazole rings is 1. The lowest BCUT2D eigenvalue weighted by atomic mass is 9.98. The Bertz CT molecular complexity index is 1250. The highest BCUT2D eigenvalue weighted by Crippen LogP contribution is 2.37. The number of aromatic amines is 1. The molecular weight excluding hydrogens is 495 g/mol. The van der Waals surface area contributed by atoms with E-state index in [1.807, 2.05) is 48.5 Å². The van der Waals surface area contributed by atoms with E-state index in [1.54, 1.807) is 4.57 Å². The van der Waals surface area contributed by atoms with E-state index in [0.717, 1.165) is 35.1 Å². The molecule has 0 atom stereocenters. The summed E-state index contributed by atoms with van der Waals surface area (Å²) in [4.78, 5) is 24.1. The second-order valence-corrected chi connectivity index (χ2v) is 9.62. The molecule has 0 aliphatic heterocycles. The average Bonchev–Trinajstić information content (AvgIpc) is 3.41. The van der Waals surface area contributed by atoms with E-state index in [0.29, 0.717) is 24.6 Å². The van der Waals surface area contributed by atoms with Crippen LogP contribution < -0.4 is 5.44 Å². The van der Waals surface area contributed by atoms with Gasteiger partial charge in [-0.05, 0) is 44.3 Å². The molecule has 0 saturated heterocycles. The van der Waals surface area contributed by atoms with Crippen LogP contribution in [0.5, 0.6) is 0 Å². The lowest BCUT2D eigenvalue weighted by Crippen LogP contribution is -2.21. The lowest BCUT2D eigenvalue weighted by Gasteiger charge is -2.14. The molecule has 2 heterocycles. The number of hydrogen-bond acceptors (Lipinski definition) is 5. The van der Waals surface area contributed by atoms with Gasteiger partial charge in [0.2, 0.25) is 5.82 Å². The summed E-state index contributed by atoms with van der Waals surface area (Å²) in [6.07, 6.45) is 2.49. The zero-order chi connectivity index (χ0) is 22.7. The van der Waals surface area contributed by atoms with Crippen LogP contribution in [0, 0.1) is 0 Å². The number of nitrogens with one attached hydrogen (secondary N) is 1. The van der Waals surface area contributed by atoms with E-state index in [2.05, 4.69) is 48.5 Å². The molecular formula is C21H22BrN6O3P. The van der Waals surface area contributed by atoms with Gasteiger partial charge in [-0.1, -0.05) is 61.9 Å². The first-order valence-electron chi connectivity index (χ1n) is 10.1. The van der Waals surface area contributed by atoms with Crippen LogP contribution in [0.2, 0.25) is 0 Å². The van der Waals surface area contributed by atoms with E-state index >= 15 is 0 Å². The highest BCUT2D eigenvalue weighted by Gasteiger charge is 2.29. The van der Waals surface area contributed by atoms with Crippen molar-refractivity contribution in [1.29, 1.82) is 0 Å². The van der Waals surface area contributed by atoms with Crippen molar-refractivity contribution < 1.29 is 14.4 Å². The minimum Gasteiger partial charge on any atom is -0.320 e. The summed E-state index contributed by atoms with van der Waals surface area (Å²) in [5.74, 6) is 1.17. The number of hydrogen-bond donors (Lipinski definition) is 3. The summed E-state index contributed by atoms with van der Waals surface area (Å²) in [7, 11) is -4.50. The van der Waals surface area contributed by atoms with Crippen molar-refractivity contribution >= 4 is 29.0 Å². The number of benzene rings is 2. The molecule has 0 saturated carbocycles. The summed E-state index contributed by atoms with van der Waals surface area (Å²) in [6, 6.07) is 15.6. The second-order valence-electron chi connectivity index (χ2n) is 7.35. The molecule has 3 N–H and O–H groups in total. The third-order valence-electron chi connectivity index (χ3n) is 5.13. The van der Waals surface area contributed by atoms with Crippen LogP contribution in [0.3, 0.4) is 0 Å². The normalized spacial score (nSPS) is 11.8. The van der Waals surface area contributed by atoms with Crippen molar-refractivity contribution in [3.63, 3.8) is 0 Å².